The number of fused-ring (bicyclic) bond motifs is 1. The van der Waals surface area contributed by atoms with Crippen molar-refractivity contribution in [3.63, 3.8) is 0 Å². The van der Waals surface area contributed by atoms with E-state index in [9.17, 15) is 4.79 Å². The predicted molar refractivity (Wildman–Crippen MR) is 90.9 cm³/mol. The van der Waals surface area contributed by atoms with Gasteiger partial charge < -0.3 is 15.6 Å². The number of pyridine rings is 1. The molecule has 4 rings (SSSR count). The highest BCUT2D eigenvalue weighted by molar-refractivity contribution is 5.94. The second-order valence-corrected chi connectivity index (χ2v) is 6.08. The van der Waals surface area contributed by atoms with Gasteiger partial charge in [0, 0.05) is 55.0 Å². The SMILES string of the molecule is Cn1cc(-c2ccc(N)c(C3CNC(=O)C3)c2)c2cccnc21. The zero-order valence-corrected chi connectivity index (χ0v) is 12.9. The van der Waals surface area contributed by atoms with Crippen molar-refractivity contribution in [2.24, 2.45) is 7.05 Å². The van der Waals surface area contributed by atoms with Crippen molar-refractivity contribution in [3.05, 3.63) is 48.3 Å². The van der Waals surface area contributed by atoms with Crippen molar-refractivity contribution < 1.29 is 4.79 Å². The van der Waals surface area contributed by atoms with Crippen molar-refractivity contribution in [3.8, 4) is 11.1 Å². The van der Waals surface area contributed by atoms with Gasteiger partial charge >= 0.3 is 0 Å². The number of hydrogen-bond acceptors (Lipinski definition) is 3. The van der Waals surface area contributed by atoms with Crippen LogP contribution in [0.25, 0.3) is 22.2 Å². The minimum atomic E-state index is 0.0918. The maximum atomic E-state index is 11.5. The summed E-state index contributed by atoms with van der Waals surface area (Å²) in [5.74, 6) is 0.240. The highest BCUT2D eigenvalue weighted by Crippen LogP contribution is 2.35. The summed E-state index contributed by atoms with van der Waals surface area (Å²) in [6, 6.07) is 10.1. The van der Waals surface area contributed by atoms with E-state index in [1.54, 1.807) is 6.20 Å². The van der Waals surface area contributed by atoms with Crippen LogP contribution in [0.15, 0.2) is 42.7 Å². The Bertz CT molecular complexity index is 913. The molecule has 1 aromatic carbocycles. The first kappa shape index (κ1) is 13.8. The Morgan fingerprint density at radius 1 is 1.35 bits per heavy atom. The van der Waals surface area contributed by atoms with Crippen LogP contribution in [0, 0.1) is 0 Å². The number of carbonyl (C=O) groups excluding carboxylic acids is 1. The molecule has 2 aromatic heterocycles. The van der Waals surface area contributed by atoms with E-state index in [1.165, 1.54) is 0 Å². The second-order valence-electron chi connectivity index (χ2n) is 6.08. The molecule has 5 nitrogen and oxygen atoms in total. The fourth-order valence-electron chi connectivity index (χ4n) is 3.36. The average molecular weight is 306 g/mol. The minimum Gasteiger partial charge on any atom is -0.398 e. The summed E-state index contributed by atoms with van der Waals surface area (Å²) in [4.78, 5) is 15.9. The molecule has 0 radical (unpaired) electrons. The van der Waals surface area contributed by atoms with Crippen molar-refractivity contribution in [2.75, 3.05) is 12.3 Å². The van der Waals surface area contributed by atoms with Gasteiger partial charge in [-0.25, -0.2) is 4.98 Å². The summed E-state index contributed by atoms with van der Waals surface area (Å²) < 4.78 is 2.03. The molecule has 1 saturated heterocycles. The van der Waals surface area contributed by atoms with E-state index in [4.69, 9.17) is 5.73 Å². The molecule has 1 fully saturated rings. The molecular weight excluding hydrogens is 288 g/mol. The van der Waals surface area contributed by atoms with Gasteiger partial charge in [-0.1, -0.05) is 6.07 Å². The number of aromatic nitrogens is 2. The zero-order chi connectivity index (χ0) is 16.0. The van der Waals surface area contributed by atoms with Crippen LogP contribution in [0.4, 0.5) is 5.69 Å². The Morgan fingerprint density at radius 3 is 3.00 bits per heavy atom. The van der Waals surface area contributed by atoms with Crippen LogP contribution < -0.4 is 11.1 Å². The van der Waals surface area contributed by atoms with E-state index in [0.717, 1.165) is 33.4 Å². The Balaban J connectivity index is 1.84. The molecule has 3 N–H and O–H groups in total. The second kappa shape index (κ2) is 5.12. The average Bonchev–Trinajstić information content (AvgIpc) is 3.13. The van der Waals surface area contributed by atoms with Gasteiger partial charge in [-0.05, 0) is 35.4 Å². The Morgan fingerprint density at radius 2 is 2.22 bits per heavy atom. The number of nitrogens with zero attached hydrogens (tertiary/aromatic N) is 2. The van der Waals surface area contributed by atoms with Gasteiger partial charge in [-0.15, -0.1) is 0 Å². The van der Waals surface area contributed by atoms with Crippen LogP contribution in [0.1, 0.15) is 17.9 Å². The van der Waals surface area contributed by atoms with E-state index in [0.29, 0.717) is 13.0 Å². The van der Waals surface area contributed by atoms with Crippen LogP contribution in [0.2, 0.25) is 0 Å². The topological polar surface area (TPSA) is 72.9 Å². The maximum Gasteiger partial charge on any atom is 0.220 e. The van der Waals surface area contributed by atoms with E-state index < -0.39 is 0 Å². The number of aryl methyl sites for hydroxylation is 1. The normalized spacial score (nSPS) is 17.6. The van der Waals surface area contributed by atoms with E-state index in [-0.39, 0.29) is 11.8 Å². The lowest BCUT2D eigenvalue weighted by Gasteiger charge is -2.13. The lowest BCUT2D eigenvalue weighted by Crippen LogP contribution is -2.13. The summed E-state index contributed by atoms with van der Waals surface area (Å²) in [5.41, 5.74) is 11.1. The number of nitrogen functional groups attached to an aromatic ring is 1. The molecule has 0 saturated carbocycles. The highest BCUT2D eigenvalue weighted by Gasteiger charge is 2.25. The largest absolute Gasteiger partial charge is 0.398 e. The number of nitrogens with two attached hydrogens (primary N) is 1. The Labute approximate surface area is 134 Å². The number of nitrogens with one attached hydrogen (secondary N) is 1. The Kier molecular flexibility index (Phi) is 3.08. The van der Waals surface area contributed by atoms with Gasteiger partial charge in [0.25, 0.3) is 0 Å². The van der Waals surface area contributed by atoms with Gasteiger partial charge in [0.05, 0.1) is 0 Å². The standard InChI is InChI=1S/C18H18N4O/c1-22-10-15(13-3-2-6-20-18(13)22)11-4-5-16(19)14(7-11)12-8-17(23)21-9-12/h2-7,10,12H,8-9,19H2,1H3,(H,21,23). The lowest BCUT2D eigenvalue weighted by molar-refractivity contribution is -0.119. The predicted octanol–water partition coefficient (Wildman–Crippen LogP) is 2.43. The summed E-state index contributed by atoms with van der Waals surface area (Å²) in [5, 5.41) is 4.00. The molecule has 1 unspecified atom stereocenters. The van der Waals surface area contributed by atoms with Crippen molar-refractivity contribution in [1.29, 1.82) is 0 Å². The van der Waals surface area contributed by atoms with Gasteiger partial charge in [0.15, 0.2) is 0 Å². The molecular formula is C18H18N4O. The molecule has 0 aliphatic carbocycles. The Hall–Kier alpha value is -2.82. The first-order valence-electron chi connectivity index (χ1n) is 7.70. The van der Waals surface area contributed by atoms with Crippen LogP contribution in [-0.4, -0.2) is 22.0 Å². The molecule has 0 bridgehead atoms. The number of rotatable bonds is 2. The quantitative estimate of drug-likeness (QED) is 0.714. The monoisotopic (exact) mass is 306 g/mol. The number of carbonyl (C=O) groups is 1. The minimum absolute atomic E-state index is 0.0918. The molecule has 0 spiro atoms. The molecule has 23 heavy (non-hydrogen) atoms. The van der Waals surface area contributed by atoms with Crippen molar-refractivity contribution >= 4 is 22.6 Å². The fourth-order valence-corrected chi connectivity index (χ4v) is 3.36. The van der Waals surface area contributed by atoms with Gasteiger partial charge in [-0.2, -0.15) is 0 Å². The number of anilines is 1. The third-order valence-electron chi connectivity index (χ3n) is 4.55. The van der Waals surface area contributed by atoms with E-state index in [2.05, 4.69) is 28.6 Å². The van der Waals surface area contributed by atoms with Gasteiger partial charge in [-0.3, -0.25) is 4.79 Å². The third kappa shape index (κ3) is 2.25. The number of hydrogen-bond donors (Lipinski definition) is 2. The molecule has 3 aromatic rings. The summed E-state index contributed by atoms with van der Waals surface area (Å²) in [6.45, 7) is 0.656. The lowest BCUT2D eigenvalue weighted by atomic mass is 9.93. The molecule has 5 heteroatoms. The first-order valence-corrected chi connectivity index (χ1v) is 7.70. The van der Waals surface area contributed by atoms with Crippen LogP contribution >= 0.6 is 0 Å². The van der Waals surface area contributed by atoms with Crippen LogP contribution in [-0.2, 0) is 11.8 Å². The smallest absolute Gasteiger partial charge is 0.220 e. The molecule has 116 valence electrons. The molecule has 1 aliphatic rings. The molecule has 3 heterocycles. The van der Waals surface area contributed by atoms with E-state index >= 15 is 0 Å². The first-order chi connectivity index (χ1) is 11.1. The van der Waals surface area contributed by atoms with Gasteiger partial charge in [0.2, 0.25) is 5.91 Å². The highest BCUT2D eigenvalue weighted by atomic mass is 16.1. The zero-order valence-electron chi connectivity index (χ0n) is 12.9. The van der Waals surface area contributed by atoms with Crippen molar-refractivity contribution in [2.45, 2.75) is 12.3 Å². The molecule has 1 amide bonds. The maximum absolute atomic E-state index is 11.5. The third-order valence-corrected chi connectivity index (χ3v) is 4.55. The summed E-state index contributed by atoms with van der Waals surface area (Å²) >= 11 is 0. The van der Waals surface area contributed by atoms with E-state index in [1.807, 2.05) is 29.8 Å². The number of benzene rings is 1. The van der Waals surface area contributed by atoms with Gasteiger partial charge in [0.1, 0.15) is 5.65 Å². The summed E-state index contributed by atoms with van der Waals surface area (Å²) in [7, 11) is 2.00. The molecule has 1 atom stereocenters. The summed E-state index contributed by atoms with van der Waals surface area (Å²) in [6.07, 6.45) is 4.39. The van der Waals surface area contributed by atoms with Crippen LogP contribution in [0.3, 0.4) is 0 Å². The molecule has 1 aliphatic heterocycles. The van der Waals surface area contributed by atoms with Crippen molar-refractivity contribution in [1.82, 2.24) is 14.9 Å². The van der Waals surface area contributed by atoms with Crippen LogP contribution in [0.5, 0.6) is 0 Å². The number of amides is 1. The fraction of sp³-hybridized carbons (Fsp3) is 0.222.